The molecule has 0 aromatic carbocycles. The average molecular weight is 595 g/mol. The Kier molecular flexibility index (Phi) is 18.0. The van der Waals surface area contributed by atoms with Gasteiger partial charge in [-0.05, 0) is 12.8 Å². The van der Waals surface area contributed by atoms with Crippen LogP contribution >= 0.6 is 22.4 Å². The number of nitrogen functional groups attached to an aromatic ring is 1. The molecular weight excluding hydrogens is 583 g/mol. The molecule has 2 aromatic rings. The number of nitrogens with two attached hydrogens (primary N) is 1. The number of hydrogen-bond donors (Lipinski definition) is 2. The topological polar surface area (TPSA) is 253 Å². The number of rotatable bonds is 8. The van der Waals surface area contributed by atoms with Gasteiger partial charge < -0.3 is 39.1 Å². The van der Waals surface area contributed by atoms with Crippen molar-refractivity contribution in [3.8, 4) is 0 Å². The molecule has 0 radical (unpaired) electrons. The van der Waals surface area contributed by atoms with Crippen molar-refractivity contribution < 1.29 is 165 Å². The van der Waals surface area contributed by atoms with Gasteiger partial charge >= 0.3 is 118 Å². The van der Waals surface area contributed by atoms with Gasteiger partial charge in [-0.2, -0.15) is 4.98 Å². The molecule has 1 aliphatic rings. The van der Waals surface area contributed by atoms with Crippen LogP contribution in [0.1, 0.15) is 19.1 Å². The van der Waals surface area contributed by atoms with E-state index in [1.54, 1.807) is 0 Å². The standard InChI is InChI=1S/C10H16N5O11P3S.4Na/c11-10-13-8-7(9(16)14-10)12-4-15(8)6-2-1-5(24-6)3-23-29(22,30)26-28(20,21)25-27(17,18)19;;;;/h4-6H,1-3H2,(H,20,21)(H,22,30)(H2,17,18,19)(H3,11,13,14,16);;;;/q;4*+1/p-4. The van der Waals surface area contributed by atoms with Gasteiger partial charge in [-0.15, -0.1) is 0 Å². The fourth-order valence-electron chi connectivity index (χ4n) is 2.63. The Morgan fingerprint density at radius 2 is 1.79 bits per heavy atom. The Labute approximate surface area is 285 Å². The van der Waals surface area contributed by atoms with Gasteiger partial charge in [-0.25, -0.2) is 4.98 Å². The Morgan fingerprint density at radius 3 is 2.38 bits per heavy atom. The van der Waals surface area contributed by atoms with Gasteiger partial charge in [0.25, 0.3) is 13.4 Å². The second kappa shape index (κ2) is 15.7. The Balaban J connectivity index is 0. The van der Waals surface area contributed by atoms with Crippen LogP contribution in [0.5, 0.6) is 0 Å². The third kappa shape index (κ3) is 11.6. The van der Waals surface area contributed by atoms with Crippen LogP contribution in [0, 0.1) is 0 Å². The largest absolute Gasteiger partial charge is 1.00 e. The van der Waals surface area contributed by atoms with E-state index in [2.05, 4.69) is 35.4 Å². The fourth-order valence-corrected chi connectivity index (χ4v) is 6.43. The first-order valence-electron chi connectivity index (χ1n) is 7.84. The molecule has 3 rings (SSSR count). The number of anilines is 1. The molecule has 0 saturated carbocycles. The quantitative estimate of drug-likeness (QED) is 0.212. The summed E-state index contributed by atoms with van der Waals surface area (Å²) in [7, 11) is -11.8. The molecule has 1 fully saturated rings. The maximum Gasteiger partial charge on any atom is 1.00 e. The Bertz CT molecular complexity index is 1160. The summed E-state index contributed by atoms with van der Waals surface area (Å²) >= 11 is 4.35. The molecule has 24 heteroatoms. The number of ether oxygens (including phenoxy) is 1. The van der Waals surface area contributed by atoms with Gasteiger partial charge in [0, 0.05) is 0 Å². The number of aromatic nitrogens is 4. The number of nitrogens with zero attached hydrogens (tertiary/aromatic N) is 3. The summed E-state index contributed by atoms with van der Waals surface area (Å²) < 4.78 is 40.5. The summed E-state index contributed by atoms with van der Waals surface area (Å²) in [6.07, 6.45) is 0.651. The van der Waals surface area contributed by atoms with Crippen molar-refractivity contribution in [1.82, 2.24) is 19.5 Å². The summed E-state index contributed by atoms with van der Waals surface area (Å²) in [6.45, 7) is -5.27. The second-order valence-corrected chi connectivity index (χ2v) is 11.5. The molecule has 1 aliphatic heterocycles. The Hall–Kier alpha value is 2.94. The van der Waals surface area contributed by atoms with Gasteiger partial charge in [0.1, 0.15) is 12.9 Å². The van der Waals surface area contributed by atoms with E-state index in [0.717, 1.165) is 0 Å². The minimum atomic E-state index is -5.97. The maximum atomic E-state index is 11.9. The smallest absolute Gasteiger partial charge is 0.790 e. The molecule has 2 aromatic heterocycles. The number of aromatic amines is 1. The zero-order chi connectivity index (χ0) is 22.3. The van der Waals surface area contributed by atoms with Gasteiger partial charge in [0.05, 0.1) is 26.9 Å². The predicted molar refractivity (Wildman–Crippen MR) is 93.3 cm³/mol. The molecule has 16 nitrogen and oxygen atoms in total. The van der Waals surface area contributed by atoms with Gasteiger partial charge in [-0.3, -0.25) is 27.5 Å². The van der Waals surface area contributed by atoms with Gasteiger partial charge in [0.15, 0.2) is 11.2 Å². The van der Waals surface area contributed by atoms with Crippen LogP contribution in [0.25, 0.3) is 11.2 Å². The van der Waals surface area contributed by atoms with Crippen molar-refractivity contribution in [1.29, 1.82) is 0 Å². The van der Waals surface area contributed by atoms with Crippen LogP contribution in [-0.2, 0) is 38.8 Å². The second-order valence-electron chi connectivity index (χ2n) is 5.87. The zero-order valence-corrected chi connectivity index (χ0v) is 30.0. The monoisotopic (exact) mass is 595 g/mol. The molecule has 168 valence electrons. The summed E-state index contributed by atoms with van der Waals surface area (Å²) in [6, 6.07) is 0. The first-order chi connectivity index (χ1) is 13.7. The van der Waals surface area contributed by atoms with E-state index >= 15 is 0 Å². The van der Waals surface area contributed by atoms with Crippen LogP contribution < -0.4 is 149 Å². The van der Waals surface area contributed by atoms with Crippen molar-refractivity contribution in [3.05, 3.63) is 16.7 Å². The summed E-state index contributed by atoms with van der Waals surface area (Å²) in [5.41, 5.74) is 5.19. The number of hydrogen-bond acceptors (Lipinski definition) is 15. The van der Waals surface area contributed by atoms with E-state index < -0.39 is 46.9 Å². The number of phosphoric acid groups is 2. The van der Waals surface area contributed by atoms with Crippen molar-refractivity contribution in [2.45, 2.75) is 25.2 Å². The molecular formula is C10H12N5Na4O11P3S. The molecule has 4 atom stereocenters. The molecule has 0 spiro atoms. The predicted octanol–water partition coefficient (Wildman–Crippen LogP) is -14.7. The van der Waals surface area contributed by atoms with E-state index in [1.807, 2.05) is 0 Å². The summed E-state index contributed by atoms with van der Waals surface area (Å²) in [4.78, 5) is 65.9. The van der Waals surface area contributed by atoms with Crippen LogP contribution in [0.3, 0.4) is 0 Å². The third-order valence-corrected chi connectivity index (χ3v) is 8.25. The van der Waals surface area contributed by atoms with E-state index in [-0.39, 0.29) is 135 Å². The van der Waals surface area contributed by atoms with Crippen molar-refractivity contribution in [2.75, 3.05) is 12.3 Å². The molecule has 4 unspecified atom stereocenters. The number of imidazole rings is 1. The summed E-state index contributed by atoms with van der Waals surface area (Å²) in [5.74, 6) is -0.124. The van der Waals surface area contributed by atoms with Crippen LogP contribution in [0.15, 0.2) is 11.1 Å². The normalized spacial score (nSPS) is 21.2. The number of nitrogens with one attached hydrogen (secondary N) is 1. The summed E-state index contributed by atoms with van der Waals surface area (Å²) in [5, 5.41) is 0. The molecule has 1 saturated heterocycles. The molecule has 3 N–H and O–H groups in total. The molecule has 34 heavy (non-hydrogen) atoms. The maximum absolute atomic E-state index is 11.9. The van der Waals surface area contributed by atoms with Crippen molar-refractivity contribution in [3.63, 3.8) is 0 Å². The van der Waals surface area contributed by atoms with Gasteiger partial charge in [-0.1, -0.05) is 11.8 Å². The average Bonchev–Trinajstić information content (AvgIpc) is 3.15. The molecule has 0 aliphatic carbocycles. The Morgan fingerprint density at radius 1 is 1.18 bits per heavy atom. The molecule has 3 heterocycles. The zero-order valence-electron chi connectivity index (χ0n) is 18.5. The first kappa shape index (κ1) is 39.1. The third-order valence-electron chi connectivity index (χ3n) is 3.66. The van der Waals surface area contributed by atoms with Crippen LogP contribution in [0.4, 0.5) is 5.95 Å². The first-order valence-corrected chi connectivity index (χ1v) is 13.3. The van der Waals surface area contributed by atoms with E-state index in [1.165, 1.54) is 10.9 Å². The minimum absolute atomic E-state index is 0. The number of H-pyrrole nitrogens is 1. The van der Waals surface area contributed by atoms with Crippen LogP contribution in [-0.4, -0.2) is 32.2 Å². The van der Waals surface area contributed by atoms with Crippen molar-refractivity contribution in [2.24, 2.45) is 0 Å². The van der Waals surface area contributed by atoms with E-state index in [4.69, 9.17) is 15.0 Å². The fraction of sp³-hybridized carbons (Fsp3) is 0.500. The molecule has 0 amide bonds. The van der Waals surface area contributed by atoms with Gasteiger partial charge in [0.2, 0.25) is 5.95 Å². The number of fused-ring (bicyclic) bond motifs is 1. The minimum Gasteiger partial charge on any atom is -0.790 e. The van der Waals surface area contributed by atoms with E-state index in [0.29, 0.717) is 12.8 Å². The SMILES string of the molecule is Nc1nc2c(ncn2C2CCC(COP([O-])(=S)OP(=O)([O-])OP(=O)([O-])[O-])O2)c(=O)[nH]1.[Na+].[Na+].[Na+].[Na+]. The van der Waals surface area contributed by atoms with E-state index in [9.17, 15) is 33.5 Å². The molecule has 0 bridgehead atoms. The van der Waals surface area contributed by atoms with Crippen molar-refractivity contribution >= 4 is 51.3 Å². The van der Waals surface area contributed by atoms with Crippen LogP contribution in [0.2, 0.25) is 0 Å².